The number of benzene rings is 2. The molecule has 6 nitrogen and oxygen atoms in total. The van der Waals surface area contributed by atoms with E-state index in [4.69, 9.17) is 4.74 Å². The van der Waals surface area contributed by atoms with Crippen molar-refractivity contribution in [1.82, 2.24) is 9.97 Å². The van der Waals surface area contributed by atoms with Crippen LogP contribution in [0, 0.1) is 0 Å². The van der Waals surface area contributed by atoms with Crippen LogP contribution in [0.25, 0.3) is 11.3 Å². The fourth-order valence-corrected chi connectivity index (χ4v) is 2.48. The number of nitrogens with zero attached hydrogens (tertiary/aromatic N) is 2. The fourth-order valence-electron chi connectivity index (χ4n) is 2.48. The SMILES string of the molecule is OCc1cccc(-c2nccnc2NCC(O)COc2ccccc2)c1. The molecule has 0 fully saturated rings. The van der Waals surface area contributed by atoms with Crippen molar-refractivity contribution in [2.75, 3.05) is 18.5 Å². The summed E-state index contributed by atoms with van der Waals surface area (Å²) in [6.07, 6.45) is 2.50. The summed E-state index contributed by atoms with van der Waals surface area (Å²) >= 11 is 0. The van der Waals surface area contributed by atoms with Crippen LogP contribution in [0.15, 0.2) is 67.0 Å². The molecule has 1 unspecified atom stereocenters. The lowest BCUT2D eigenvalue weighted by Crippen LogP contribution is -2.26. The molecule has 1 aromatic heterocycles. The molecule has 3 aromatic rings. The number of para-hydroxylation sites is 1. The zero-order valence-corrected chi connectivity index (χ0v) is 14.2. The number of rotatable bonds is 8. The van der Waals surface area contributed by atoms with E-state index in [1.807, 2.05) is 54.6 Å². The maximum Gasteiger partial charge on any atom is 0.152 e. The summed E-state index contributed by atoms with van der Waals surface area (Å²) in [5.41, 5.74) is 2.32. The van der Waals surface area contributed by atoms with E-state index in [-0.39, 0.29) is 19.8 Å². The van der Waals surface area contributed by atoms with Crippen molar-refractivity contribution < 1.29 is 14.9 Å². The van der Waals surface area contributed by atoms with Crippen LogP contribution < -0.4 is 10.1 Å². The number of nitrogens with one attached hydrogen (secondary N) is 1. The minimum Gasteiger partial charge on any atom is -0.491 e. The van der Waals surface area contributed by atoms with Crippen LogP contribution >= 0.6 is 0 Å². The molecular weight excluding hydrogens is 330 g/mol. The Balaban J connectivity index is 1.63. The largest absolute Gasteiger partial charge is 0.491 e. The van der Waals surface area contributed by atoms with Gasteiger partial charge in [0.15, 0.2) is 5.82 Å². The van der Waals surface area contributed by atoms with Crippen molar-refractivity contribution in [3.8, 4) is 17.0 Å². The molecule has 3 rings (SSSR count). The summed E-state index contributed by atoms with van der Waals surface area (Å²) in [5, 5.41) is 22.6. The first-order chi connectivity index (χ1) is 12.8. The van der Waals surface area contributed by atoms with E-state index in [9.17, 15) is 10.2 Å². The molecule has 134 valence electrons. The van der Waals surface area contributed by atoms with E-state index in [0.717, 1.165) is 11.1 Å². The Labute approximate surface area is 152 Å². The van der Waals surface area contributed by atoms with Gasteiger partial charge < -0.3 is 20.3 Å². The summed E-state index contributed by atoms with van der Waals surface area (Å²) in [5.74, 6) is 1.29. The molecule has 0 aliphatic carbocycles. The number of aliphatic hydroxyl groups is 2. The second-order valence-corrected chi connectivity index (χ2v) is 5.77. The quantitative estimate of drug-likeness (QED) is 0.578. The van der Waals surface area contributed by atoms with Gasteiger partial charge in [0.1, 0.15) is 24.2 Å². The highest BCUT2D eigenvalue weighted by molar-refractivity contribution is 5.71. The third-order valence-electron chi connectivity index (χ3n) is 3.77. The third-order valence-corrected chi connectivity index (χ3v) is 3.77. The number of ether oxygens (including phenoxy) is 1. The molecule has 0 saturated heterocycles. The van der Waals surface area contributed by atoms with Crippen molar-refractivity contribution in [2.45, 2.75) is 12.7 Å². The summed E-state index contributed by atoms with van der Waals surface area (Å²) in [4.78, 5) is 8.69. The van der Waals surface area contributed by atoms with Gasteiger partial charge in [-0.15, -0.1) is 0 Å². The number of hydrogen-bond donors (Lipinski definition) is 3. The van der Waals surface area contributed by atoms with Gasteiger partial charge in [0, 0.05) is 24.5 Å². The third kappa shape index (κ3) is 4.78. The van der Waals surface area contributed by atoms with Crippen LogP contribution in [0.2, 0.25) is 0 Å². The van der Waals surface area contributed by atoms with E-state index >= 15 is 0 Å². The molecule has 1 atom stereocenters. The van der Waals surface area contributed by atoms with Gasteiger partial charge in [0.2, 0.25) is 0 Å². The van der Waals surface area contributed by atoms with Crippen LogP contribution in [-0.4, -0.2) is 39.4 Å². The smallest absolute Gasteiger partial charge is 0.152 e. The van der Waals surface area contributed by atoms with E-state index < -0.39 is 6.10 Å². The van der Waals surface area contributed by atoms with E-state index in [1.165, 1.54) is 0 Å². The summed E-state index contributed by atoms with van der Waals surface area (Å²) in [6.45, 7) is 0.414. The Morgan fingerprint density at radius 2 is 1.81 bits per heavy atom. The highest BCUT2D eigenvalue weighted by Gasteiger charge is 2.11. The average molecular weight is 351 g/mol. The number of hydrogen-bond acceptors (Lipinski definition) is 6. The van der Waals surface area contributed by atoms with Gasteiger partial charge in [-0.05, 0) is 23.8 Å². The zero-order valence-electron chi connectivity index (χ0n) is 14.2. The minimum absolute atomic E-state index is 0.0353. The Hall–Kier alpha value is -2.96. The first-order valence-corrected chi connectivity index (χ1v) is 8.37. The Morgan fingerprint density at radius 1 is 1.00 bits per heavy atom. The van der Waals surface area contributed by atoms with E-state index in [1.54, 1.807) is 12.4 Å². The molecule has 6 heteroatoms. The van der Waals surface area contributed by atoms with Crippen molar-refractivity contribution in [1.29, 1.82) is 0 Å². The fraction of sp³-hybridized carbons (Fsp3) is 0.200. The molecule has 2 aromatic carbocycles. The van der Waals surface area contributed by atoms with E-state index in [2.05, 4.69) is 15.3 Å². The molecule has 3 N–H and O–H groups in total. The van der Waals surface area contributed by atoms with Crippen LogP contribution in [0.3, 0.4) is 0 Å². The lowest BCUT2D eigenvalue weighted by atomic mass is 10.1. The molecule has 0 bridgehead atoms. The topological polar surface area (TPSA) is 87.5 Å². The first kappa shape index (κ1) is 17.8. The number of aliphatic hydroxyl groups excluding tert-OH is 2. The van der Waals surface area contributed by atoms with Crippen LogP contribution in [-0.2, 0) is 6.61 Å². The number of aromatic nitrogens is 2. The van der Waals surface area contributed by atoms with E-state index in [0.29, 0.717) is 17.3 Å². The zero-order chi connectivity index (χ0) is 18.2. The molecule has 0 spiro atoms. The normalized spacial score (nSPS) is 11.8. The molecule has 1 heterocycles. The Bertz CT molecular complexity index is 827. The first-order valence-electron chi connectivity index (χ1n) is 8.37. The lowest BCUT2D eigenvalue weighted by Gasteiger charge is -2.15. The lowest BCUT2D eigenvalue weighted by molar-refractivity contribution is 0.117. The van der Waals surface area contributed by atoms with Gasteiger partial charge in [0.25, 0.3) is 0 Å². The van der Waals surface area contributed by atoms with Gasteiger partial charge in [-0.1, -0.05) is 36.4 Å². The Morgan fingerprint density at radius 3 is 2.62 bits per heavy atom. The second-order valence-electron chi connectivity index (χ2n) is 5.77. The second kappa shape index (κ2) is 8.94. The maximum atomic E-state index is 10.1. The van der Waals surface area contributed by atoms with Crippen molar-refractivity contribution >= 4 is 5.82 Å². The van der Waals surface area contributed by atoms with Gasteiger partial charge >= 0.3 is 0 Å². The summed E-state index contributed by atoms with van der Waals surface area (Å²) in [7, 11) is 0. The van der Waals surface area contributed by atoms with Gasteiger partial charge in [0.05, 0.1) is 6.61 Å². The summed E-state index contributed by atoms with van der Waals surface area (Å²) < 4.78 is 5.55. The standard InChI is InChI=1S/C20H21N3O3/c24-13-15-5-4-6-16(11-15)19-20(22-10-9-21-19)23-12-17(25)14-26-18-7-2-1-3-8-18/h1-11,17,24-25H,12-14H2,(H,22,23). The molecule has 0 amide bonds. The highest BCUT2D eigenvalue weighted by atomic mass is 16.5. The molecule has 0 saturated carbocycles. The number of anilines is 1. The minimum atomic E-state index is -0.700. The molecular formula is C20H21N3O3. The monoisotopic (exact) mass is 351 g/mol. The van der Waals surface area contributed by atoms with Crippen molar-refractivity contribution in [3.05, 3.63) is 72.6 Å². The molecule has 0 radical (unpaired) electrons. The molecule has 26 heavy (non-hydrogen) atoms. The van der Waals surface area contributed by atoms with Crippen molar-refractivity contribution in [3.63, 3.8) is 0 Å². The van der Waals surface area contributed by atoms with Gasteiger partial charge in [-0.25, -0.2) is 4.98 Å². The summed E-state index contributed by atoms with van der Waals surface area (Å²) in [6, 6.07) is 16.8. The van der Waals surface area contributed by atoms with Gasteiger partial charge in [-0.2, -0.15) is 0 Å². The average Bonchev–Trinajstić information content (AvgIpc) is 2.71. The van der Waals surface area contributed by atoms with Crippen molar-refractivity contribution in [2.24, 2.45) is 0 Å². The molecule has 0 aliphatic heterocycles. The predicted octanol–water partition coefficient (Wildman–Crippen LogP) is 2.49. The van der Waals surface area contributed by atoms with Crippen LogP contribution in [0.4, 0.5) is 5.82 Å². The van der Waals surface area contributed by atoms with Crippen LogP contribution in [0.5, 0.6) is 5.75 Å². The Kier molecular flexibility index (Phi) is 6.14. The maximum absolute atomic E-state index is 10.1. The van der Waals surface area contributed by atoms with Crippen LogP contribution in [0.1, 0.15) is 5.56 Å². The van der Waals surface area contributed by atoms with Gasteiger partial charge in [-0.3, -0.25) is 4.98 Å². The predicted molar refractivity (Wildman–Crippen MR) is 99.8 cm³/mol. The molecule has 0 aliphatic rings. The highest BCUT2D eigenvalue weighted by Crippen LogP contribution is 2.24.